The zero-order valence-electron chi connectivity index (χ0n) is 19.4. The molecule has 1 saturated carbocycles. The molecule has 0 atom stereocenters. The monoisotopic (exact) mass is 457 g/mol. The second-order valence-electron chi connectivity index (χ2n) is 9.45. The Balaban J connectivity index is 1.27. The van der Waals surface area contributed by atoms with Gasteiger partial charge in [0.15, 0.2) is 0 Å². The highest BCUT2D eigenvalue weighted by Crippen LogP contribution is 2.31. The number of aromatic nitrogens is 5. The minimum atomic E-state index is 0.390. The van der Waals surface area contributed by atoms with Gasteiger partial charge >= 0.3 is 0 Å². The van der Waals surface area contributed by atoms with Crippen LogP contribution in [0.15, 0.2) is 43.5 Å². The summed E-state index contributed by atoms with van der Waals surface area (Å²) in [7, 11) is 0. The molecule has 0 bridgehead atoms. The standard InChI is InChI=1S/C26H31N7O/c1-17(30-20-8-11-34-12-9-20)21-16-29-33-10-7-18(13-24(21)33)22-14-27-25-23(22)15-28-26(32-25)31-19-5-3-2-4-6-19/h7,10,13-16,19-20,30H,1-6,8-9,11-12H2,(H2,27,28,31,32). The quantitative estimate of drug-likeness (QED) is 0.387. The average molecular weight is 458 g/mol. The molecule has 3 N–H and O–H groups in total. The van der Waals surface area contributed by atoms with Crippen LogP contribution in [-0.4, -0.2) is 49.9 Å². The number of ether oxygens (including phenoxy) is 1. The summed E-state index contributed by atoms with van der Waals surface area (Å²) in [5.74, 6) is 0.705. The Bertz CT molecular complexity index is 1310. The molecule has 0 amide bonds. The van der Waals surface area contributed by atoms with Gasteiger partial charge in [0.1, 0.15) is 5.65 Å². The third kappa shape index (κ3) is 4.14. The van der Waals surface area contributed by atoms with Crippen LogP contribution in [0.5, 0.6) is 0 Å². The van der Waals surface area contributed by atoms with Crippen LogP contribution in [0.3, 0.4) is 0 Å². The molecule has 6 rings (SSSR count). The number of nitrogens with zero attached hydrogens (tertiary/aromatic N) is 4. The highest BCUT2D eigenvalue weighted by molar-refractivity contribution is 5.94. The minimum Gasteiger partial charge on any atom is -0.382 e. The van der Waals surface area contributed by atoms with Gasteiger partial charge in [0.2, 0.25) is 5.95 Å². The minimum absolute atomic E-state index is 0.390. The Morgan fingerprint density at radius 2 is 1.94 bits per heavy atom. The topological polar surface area (TPSA) is 92.2 Å². The van der Waals surface area contributed by atoms with E-state index in [9.17, 15) is 0 Å². The molecule has 0 aromatic carbocycles. The zero-order chi connectivity index (χ0) is 22.9. The number of H-pyrrole nitrogens is 1. The second-order valence-corrected chi connectivity index (χ2v) is 9.45. The fourth-order valence-electron chi connectivity index (χ4n) is 5.19. The molecular weight excluding hydrogens is 426 g/mol. The van der Waals surface area contributed by atoms with Gasteiger partial charge < -0.3 is 20.4 Å². The second kappa shape index (κ2) is 9.10. The molecule has 8 nitrogen and oxygen atoms in total. The van der Waals surface area contributed by atoms with Gasteiger partial charge in [-0.2, -0.15) is 10.1 Å². The first-order chi connectivity index (χ1) is 16.7. The van der Waals surface area contributed by atoms with Gasteiger partial charge in [-0.05, 0) is 43.4 Å². The van der Waals surface area contributed by atoms with Gasteiger partial charge in [-0.3, -0.25) is 0 Å². The summed E-state index contributed by atoms with van der Waals surface area (Å²) in [6.45, 7) is 5.89. The van der Waals surface area contributed by atoms with Gasteiger partial charge in [0, 0.05) is 66.1 Å². The summed E-state index contributed by atoms with van der Waals surface area (Å²) < 4.78 is 7.37. The van der Waals surface area contributed by atoms with Crippen molar-refractivity contribution in [3.05, 3.63) is 49.1 Å². The predicted octanol–water partition coefficient (Wildman–Crippen LogP) is 4.76. The van der Waals surface area contributed by atoms with Crippen LogP contribution in [0, 0.1) is 0 Å². The molecular formula is C26H31N7O. The van der Waals surface area contributed by atoms with Gasteiger partial charge in [0.05, 0.1) is 11.7 Å². The maximum absolute atomic E-state index is 5.48. The van der Waals surface area contributed by atoms with Crippen molar-refractivity contribution in [1.82, 2.24) is 29.9 Å². The number of nitrogens with one attached hydrogen (secondary N) is 3. The third-order valence-electron chi connectivity index (χ3n) is 7.13. The van der Waals surface area contributed by atoms with Crippen molar-refractivity contribution in [3.63, 3.8) is 0 Å². The highest BCUT2D eigenvalue weighted by atomic mass is 16.5. The van der Waals surface area contributed by atoms with E-state index in [2.05, 4.69) is 44.4 Å². The van der Waals surface area contributed by atoms with E-state index < -0.39 is 0 Å². The largest absolute Gasteiger partial charge is 0.382 e. The molecule has 0 unspecified atom stereocenters. The van der Waals surface area contributed by atoms with Crippen LogP contribution >= 0.6 is 0 Å². The summed E-state index contributed by atoms with van der Waals surface area (Å²) in [6.07, 6.45) is 16.1. The lowest BCUT2D eigenvalue weighted by Crippen LogP contribution is -2.33. The lowest BCUT2D eigenvalue weighted by molar-refractivity contribution is 0.0819. The van der Waals surface area contributed by atoms with Crippen LogP contribution in [0.25, 0.3) is 33.4 Å². The fourth-order valence-corrected chi connectivity index (χ4v) is 5.19. The van der Waals surface area contributed by atoms with E-state index >= 15 is 0 Å². The van der Waals surface area contributed by atoms with E-state index in [1.807, 2.05) is 29.3 Å². The number of anilines is 1. The average Bonchev–Trinajstić information content (AvgIpc) is 3.49. The Morgan fingerprint density at radius 3 is 2.79 bits per heavy atom. The number of pyridine rings is 1. The number of aromatic amines is 1. The summed E-state index contributed by atoms with van der Waals surface area (Å²) in [5.41, 5.74) is 5.96. The number of hydrogen-bond acceptors (Lipinski definition) is 6. The van der Waals surface area contributed by atoms with Gasteiger partial charge in [0.25, 0.3) is 0 Å². The number of hydrogen-bond donors (Lipinski definition) is 3. The maximum Gasteiger partial charge on any atom is 0.224 e. The first-order valence-corrected chi connectivity index (χ1v) is 12.4. The molecule has 34 heavy (non-hydrogen) atoms. The summed E-state index contributed by atoms with van der Waals surface area (Å²) in [5, 5.41) is 12.6. The fraction of sp³-hybridized carbons (Fsp3) is 0.423. The Kier molecular flexibility index (Phi) is 5.66. The van der Waals surface area contributed by atoms with Crippen molar-refractivity contribution in [1.29, 1.82) is 0 Å². The zero-order valence-corrected chi connectivity index (χ0v) is 19.4. The van der Waals surface area contributed by atoms with Crippen LogP contribution < -0.4 is 10.6 Å². The Morgan fingerprint density at radius 1 is 1.09 bits per heavy atom. The van der Waals surface area contributed by atoms with Crippen molar-refractivity contribution >= 4 is 28.2 Å². The third-order valence-corrected chi connectivity index (χ3v) is 7.13. The van der Waals surface area contributed by atoms with Crippen molar-refractivity contribution in [2.75, 3.05) is 18.5 Å². The summed E-state index contributed by atoms with van der Waals surface area (Å²) in [6, 6.07) is 5.11. The molecule has 0 spiro atoms. The van der Waals surface area contributed by atoms with Crippen molar-refractivity contribution in [2.24, 2.45) is 0 Å². The van der Waals surface area contributed by atoms with Crippen LogP contribution in [0.1, 0.15) is 50.5 Å². The molecule has 8 heteroatoms. The van der Waals surface area contributed by atoms with Crippen molar-refractivity contribution in [3.8, 4) is 11.1 Å². The SMILES string of the molecule is C=C(NC1CCOCC1)c1cnn2ccc(-c3c[nH]c4nc(NC5CCCCC5)ncc34)cc12. The molecule has 4 aromatic heterocycles. The molecule has 4 aromatic rings. The molecule has 1 saturated heterocycles. The predicted molar refractivity (Wildman–Crippen MR) is 135 cm³/mol. The molecule has 1 aliphatic carbocycles. The Labute approximate surface area is 198 Å². The molecule has 2 fully saturated rings. The first kappa shape index (κ1) is 21.2. The van der Waals surface area contributed by atoms with E-state index in [1.165, 1.54) is 32.1 Å². The smallest absolute Gasteiger partial charge is 0.224 e. The highest BCUT2D eigenvalue weighted by Gasteiger charge is 2.18. The lowest BCUT2D eigenvalue weighted by atomic mass is 9.96. The van der Waals surface area contributed by atoms with Gasteiger partial charge in [-0.1, -0.05) is 25.8 Å². The molecule has 2 aliphatic rings. The normalized spacial score (nSPS) is 17.9. The van der Waals surface area contributed by atoms with E-state index in [1.54, 1.807) is 0 Å². The maximum atomic E-state index is 5.48. The van der Waals surface area contributed by atoms with E-state index in [4.69, 9.17) is 9.72 Å². The lowest BCUT2D eigenvalue weighted by Gasteiger charge is -2.24. The van der Waals surface area contributed by atoms with Crippen molar-refractivity contribution in [2.45, 2.75) is 57.0 Å². The molecule has 5 heterocycles. The van der Waals surface area contributed by atoms with Crippen LogP contribution in [0.4, 0.5) is 5.95 Å². The number of fused-ring (bicyclic) bond motifs is 2. The van der Waals surface area contributed by atoms with Gasteiger partial charge in [-0.15, -0.1) is 0 Å². The van der Waals surface area contributed by atoms with E-state index in [0.29, 0.717) is 18.0 Å². The molecule has 0 radical (unpaired) electrons. The van der Waals surface area contributed by atoms with Crippen LogP contribution in [0.2, 0.25) is 0 Å². The van der Waals surface area contributed by atoms with Crippen LogP contribution in [-0.2, 0) is 4.74 Å². The van der Waals surface area contributed by atoms with E-state index in [0.717, 1.165) is 65.0 Å². The van der Waals surface area contributed by atoms with Gasteiger partial charge in [-0.25, -0.2) is 9.50 Å². The van der Waals surface area contributed by atoms with E-state index in [-0.39, 0.29) is 0 Å². The first-order valence-electron chi connectivity index (χ1n) is 12.4. The number of rotatable bonds is 6. The van der Waals surface area contributed by atoms with Crippen molar-refractivity contribution < 1.29 is 4.74 Å². The summed E-state index contributed by atoms with van der Waals surface area (Å²) >= 11 is 0. The molecule has 1 aliphatic heterocycles. The summed E-state index contributed by atoms with van der Waals surface area (Å²) in [4.78, 5) is 12.7. The Hall–Kier alpha value is -3.39. The molecule has 176 valence electrons.